The normalized spacial score (nSPS) is 20.0. The molecular formula is C22H29N7O6S2. The molecule has 15 heteroatoms. The van der Waals surface area contributed by atoms with Crippen LogP contribution in [-0.4, -0.2) is 94.2 Å². The van der Waals surface area contributed by atoms with Gasteiger partial charge in [0, 0.05) is 22.8 Å². The highest BCUT2D eigenvalue weighted by atomic mass is 32.2. The molecule has 37 heavy (non-hydrogen) atoms. The molecule has 0 aliphatic carbocycles. The van der Waals surface area contributed by atoms with Gasteiger partial charge in [-0.1, -0.05) is 5.16 Å². The second-order valence-corrected chi connectivity index (χ2v) is 10.4. The Kier molecular flexibility index (Phi) is 8.94. The molecule has 1 saturated heterocycles. The molecule has 0 spiro atoms. The van der Waals surface area contributed by atoms with Gasteiger partial charge < -0.3 is 36.0 Å². The number of nitrogens with two attached hydrogens (primary N) is 2. The molecule has 0 saturated carbocycles. The number of aliphatic carboxylic acids is 1. The van der Waals surface area contributed by atoms with Gasteiger partial charge in [0.25, 0.3) is 11.8 Å². The number of hydrogen-bond acceptors (Lipinski definition) is 11. The zero-order valence-corrected chi connectivity index (χ0v) is 22.3. The maximum Gasteiger partial charge on any atom is 0.276 e. The Bertz CT molecular complexity index is 1170. The number of carboxylic acids is 1. The molecule has 2 atom stereocenters. The van der Waals surface area contributed by atoms with Crippen LogP contribution in [0.4, 0.5) is 5.13 Å². The first-order valence-corrected chi connectivity index (χ1v) is 13.3. The number of nitrogen functional groups attached to an aromatic ring is 1. The molecule has 13 nitrogen and oxygen atoms in total. The number of β-lactam (4-membered cyclic amide) rings is 1. The number of thiazole rings is 1. The number of carboxylic acid groups (broad SMARTS) is 1. The topological polar surface area (TPSA) is 193 Å². The molecule has 0 aromatic carbocycles. The fourth-order valence-electron chi connectivity index (χ4n) is 4.26. The number of nitrogens with one attached hydrogen (secondary N) is 1. The van der Waals surface area contributed by atoms with Gasteiger partial charge in [-0.3, -0.25) is 19.3 Å². The minimum Gasteiger partial charge on any atom is -0.543 e. The monoisotopic (exact) mass is 551 g/mol. The third-order valence-electron chi connectivity index (χ3n) is 6.33. The van der Waals surface area contributed by atoms with Gasteiger partial charge in [-0.15, -0.1) is 23.1 Å². The van der Waals surface area contributed by atoms with Crippen LogP contribution in [0.1, 0.15) is 19.5 Å². The van der Waals surface area contributed by atoms with Gasteiger partial charge in [-0.25, -0.2) is 4.98 Å². The number of carbonyl (C=O) groups is 4. The summed E-state index contributed by atoms with van der Waals surface area (Å²) in [4.78, 5) is 59.2. The lowest BCUT2D eigenvalue weighted by molar-refractivity contribution is -0.915. The number of primary amides is 1. The quantitative estimate of drug-likeness (QED) is 0.0899. The van der Waals surface area contributed by atoms with E-state index in [1.54, 1.807) is 6.08 Å². The Morgan fingerprint density at radius 1 is 1.38 bits per heavy atom. The van der Waals surface area contributed by atoms with Crippen LogP contribution in [0.2, 0.25) is 0 Å². The first-order chi connectivity index (χ1) is 17.6. The summed E-state index contributed by atoms with van der Waals surface area (Å²) in [5.41, 5.74) is 11.2. The summed E-state index contributed by atoms with van der Waals surface area (Å²) in [6, 6.07) is -0.971. The van der Waals surface area contributed by atoms with Crippen molar-refractivity contribution in [1.82, 2.24) is 15.2 Å². The Morgan fingerprint density at radius 3 is 2.62 bits per heavy atom. The van der Waals surface area contributed by atoms with Gasteiger partial charge >= 0.3 is 0 Å². The minimum atomic E-state index is -1.46. The predicted molar refractivity (Wildman–Crippen MR) is 137 cm³/mol. The molecule has 1 fully saturated rings. The van der Waals surface area contributed by atoms with E-state index in [1.807, 2.05) is 13.8 Å². The Morgan fingerprint density at radius 2 is 2.08 bits per heavy atom. The zero-order valence-electron chi connectivity index (χ0n) is 20.6. The number of hydrogen-bond donors (Lipinski definition) is 3. The van der Waals surface area contributed by atoms with E-state index in [2.05, 4.69) is 15.5 Å². The van der Waals surface area contributed by atoms with E-state index in [0.717, 1.165) is 16.2 Å². The number of rotatable bonds is 12. The number of nitrogens with zero attached hydrogens (tertiary/aromatic N) is 4. The van der Waals surface area contributed by atoms with Gasteiger partial charge in [0.15, 0.2) is 10.8 Å². The first-order valence-electron chi connectivity index (χ1n) is 11.4. The zero-order chi connectivity index (χ0) is 27.3. The smallest absolute Gasteiger partial charge is 0.276 e. The summed E-state index contributed by atoms with van der Waals surface area (Å²) in [5.74, 6) is -2.98. The van der Waals surface area contributed by atoms with E-state index in [0.29, 0.717) is 42.0 Å². The molecular weight excluding hydrogens is 522 g/mol. The number of likely N-dealkylation sites (N-methyl/N-ethyl adjacent to an activating group) is 1. The number of aromatic nitrogens is 1. The molecule has 3 heterocycles. The van der Waals surface area contributed by atoms with E-state index < -0.39 is 35.1 Å². The second kappa shape index (κ2) is 11.7. The highest BCUT2D eigenvalue weighted by Crippen LogP contribution is 2.40. The lowest BCUT2D eigenvalue weighted by atomic mass is 10.0. The predicted octanol–water partition coefficient (Wildman–Crippen LogP) is -1.62. The average Bonchev–Trinajstić information content (AvgIpc) is 3.29. The fourth-order valence-corrected chi connectivity index (χ4v) is 6.15. The minimum absolute atomic E-state index is 0.157. The number of anilines is 1. The van der Waals surface area contributed by atoms with Crippen molar-refractivity contribution in [2.75, 3.05) is 44.8 Å². The number of amides is 3. The lowest BCUT2D eigenvalue weighted by Gasteiger charge is -2.51. The van der Waals surface area contributed by atoms with Crippen molar-refractivity contribution in [2.24, 2.45) is 10.9 Å². The lowest BCUT2D eigenvalue weighted by Crippen LogP contribution is -2.72. The standard InChI is InChI=1S/C22H29N7O6S2/c1-4-29(5-2,8-6-7-14(23)30)9-12-10-36-20-16(19(32)28(20)17(12)21(33)34)26-18(31)15(27-35-3)13-11-37-22(24)25-13/h6-7,11,16,20H,4-5,8-10H2,1-3H3,(H5-,23,24,25,26,30,31,33,34)/b7-6+,27-15-. The molecule has 0 radical (unpaired) electrons. The number of quaternary nitrogens is 1. The van der Waals surface area contributed by atoms with E-state index in [9.17, 15) is 24.3 Å². The Labute approximate surface area is 221 Å². The van der Waals surface area contributed by atoms with Crippen molar-refractivity contribution in [3.63, 3.8) is 0 Å². The van der Waals surface area contributed by atoms with Crippen LogP contribution < -0.4 is 21.9 Å². The van der Waals surface area contributed by atoms with E-state index >= 15 is 0 Å². The summed E-state index contributed by atoms with van der Waals surface area (Å²) in [6.07, 6.45) is 2.95. The number of fused-ring (bicyclic) bond motifs is 1. The van der Waals surface area contributed by atoms with Crippen molar-refractivity contribution in [3.05, 3.63) is 34.5 Å². The van der Waals surface area contributed by atoms with Crippen molar-refractivity contribution in [3.8, 4) is 0 Å². The molecule has 3 amide bonds. The van der Waals surface area contributed by atoms with Crippen LogP contribution in [-0.2, 0) is 24.0 Å². The first kappa shape index (κ1) is 28.1. The highest BCUT2D eigenvalue weighted by Gasteiger charge is 2.53. The van der Waals surface area contributed by atoms with Crippen molar-refractivity contribution < 1.29 is 33.6 Å². The van der Waals surface area contributed by atoms with Crippen LogP contribution in [0.5, 0.6) is 0 Å². The van der Waals surface area contributed by atoms with Crippen LogP contribution in [0.15, 0.2) is 34.0 Å². The molecule has 2 aliphatic heterocycles. The SMILES string of the molecule is CC[N+](CC)(C/C=C/C(N)=O)CC1=C(C(=O)[O-])N2C(=O)C(NC(=O)/C(=N\OC)c3csc(N)n3)C2SC1. The van der Waals surface area contributed by atoms with Gasteiger partial charge in [0.1, 0.15) is 30.8 Å². The number of carbonyl (C=O) groups excluding carboxylic acids is 4. The van der Waals surface area contributed by atoms with Crippen LogP contribution in [0.3, 0.4) is 0 Å². The maximum atomic E-state index is 13.1. The molecule has 1 aromatic rings. The van der Waals surface area contributed by atoms with E-state index in [-0.39, 0.29) is 22.2 Å². The third-order valence-corrected chi connectivity index (χ3v) is 8.35. The molecule has 5 N–H and O–H groups in total. The molecule has 1 aromatic heterocycles. The van der Waals surface area contributed by atoms with Gasteiger partial charge in [-0.05, 0) is 19.9 Å². The van der Waals surface area contributed by atoms with Crippen molar-refractivity contribution in [2.45, 2.75) is 25.3 Å². The van der Waals surface area contributed by atoms with Crippen molar-refractivity contribution in [1.29, 1.82) is 0 Å². The average molecular weight is 552 g/mol. The second-order valence-electron chi connectivity index (χ2n) is 8.41. The van der Waals surface area contributed by atoms with Crippen LogP contribution in [0.25, 0.3) is 0 Å². The molecule has 2 aliphatic rings. The third kappa shape index (κ3) is 5.94. The maximum absolute atomic E-state index is 13.1. The van der Waals surface area contributed by atoms with Crippen molar-refractivity contribution >= 4 is 57.6 Å². The van der Waals surface area contributed by atoms with Gasteiger partial charge in [0.2, 0.25) is 5.91 Å². The summed E-state index contributed by atoms with van der Waals surface area (Å²) >= 11 is 2.46. The van der Waals surface area contributed by atoms with Crippen LogP contribution >= 0.6 is 23.1 Å². The van der Waals surface area contributed by atoms with E-state index in [4.69, 9.17) is 16.3 Å². The number of oxime groups is 1. The summed E-state index contributed by atoms with van der Waals surface area (Å²) in [7, 11) is 1.27. The highest BCUT2D eigenvalue weighted by molar-refractivity contribution is 8.00. The van der Waals surface area contributed by atoms with Gasteiger partial charge in [-0.2, -0.15) is 0 Å². The largest absolute Gasteiger partial charge is 0.543 e. The summed E-state index contributed by atoms with van der Waals surface area (Å²) in [6.45, 7) is 6.06. The summed E-state index contributed by atoms with van der Waals surface area (Å²) < 4.78 is 0.455. The summed E-state index contributed by atoms with van der Waals surface area (Å²) in [5, 5.41) is 19.6. The molecule has 3 rings (SSSR count). The molecule has 2 unspecified atom stereocenters. The number of thioether (sulfide) groups is 1. The Balaban J connectivity index is 1.82. The molecule has 0 bridgehead atoms. The Hall–Kier alpha value is -3.43. The van der Waals surface area contributed by atoms with Crippen LogP contribution in [0, 0.1) is 0 Å². The van der Waals surface area contributed by atoms with E-state index in [1.165, 1.54) is 30.3 Å². The van der Waals surface area contributed by atoms with Gasteiger partial charge in [0.05, 0.1) is 31.3 Å². The fraction of sp³-hybridized carbons (Fsp3) is 0.455. The molecule has 200 valence electrons.